The molecule has 3 N–H and O–H groups in total. The number of nitrogens with two attached hydrogens (primary N) is 1. The number of hydrogen-bond donors (Lipinski definition) is 2. The van der Waals surface area contributed by atoms with E-state index in [-0.39, 0.29) is 11.0 Å². The van der Waals surface area contributed by atoms with Crippen LogP contribution in [0.15, 0.2) is 10.9 Å². The molecule has 0 bridgehead atoms. The van der Waals surface area contributed by atoms with Crippen molar-refractivity contribution in [2.75, 3.05) is 5.73 Å². The summed E-state index contributed by atoms with van der Waals surface area (Å²) in [6, 6.07) is 1.57. The maximum Gasteiger partial charge on any atom is 0.295 e. The van der Waals surface area contributed by atoms with Crippen molar-refractivity contribution in [1.29, 1.82) is 0 Å². The lowest BCUT2D eigenvalue weighted by atomic mass is 9.93. The van der Waals surface area contributed by atoms with Crippen molar-refractivity contribution in [3.05, 3.63) is 22.1 Å². The van der Waals surface area contributed by atoms with Crippen molar-refractivity contribution in [2.45, 2.75) is 26.2 Å². The number of hydrogen-bond acceptors (Lipinski definition) is 4. The van der Waals surface area contributed by atoms with E-state index in [1.807, 2.05) is 20.8 Å². The lowest BCUT2D eigenvalue weighted by molar-refractivity contribution is 0.542. The molecule has 2 rings (SSSR count). The summed E-state index contributed by atoms with van der Waals surface area (Å²) in [6.07, 6.45) is 0. The Morgan fingerprint density at radius 3 is 2.67 bits per heavy atom. The third-order valence-corrected chi connectivity index (χ3v) is 2.12. The number of nitrogen functional groups attached to an aromatic ring is 1. The van der Waals surface area contributed by atoms with Crippen molar-refractivity contribution < 1.29 is 0 Å². The van der Waals surface area contributed by atoms with Gasteiger partial charge in [0.05, 0.1) is 0 Å². The standard InChI is InChI=1S/C9H13N5O/c1-9(2,3)7-8(15)14-6(11-12-7)4-5(10)13-14/h4,13H,10H2,1-3H3. The van der Waals surface area contributed by atoms with Crippen LogP contribution in [0.4, 0.5) is 5.82 Å². The summed E-state index contributed by atoms with van der Waals surface area (Å²) in [5.74, 6) is 0.396. The van der Waals surface area contributed by atoms with Crippen LogP contribution in [-0.2, 0) is 5.41 Å². The molecule has 2 aromatic heterocycles. The van der Waals surface area contributed by atoms with Gasteiger partial charge in [0, 0.05) is 11.5 Å². The number of nitrogens with zero attached hydrogens (tertiary/aromatic N) is 3. The van der Waals surface area contributed by atoms with Gasteiger partial charge in [0.25, 0.3) is 5.56 Å². The molecular weight excluding hydrogens is 194 g/mol. The van der Waals surface area contributed by atoms with E-state index in [1.54, 1.807) is 6.07 Å². The Labute approximate surface area is 86.1 Å². The van der Waals surface area contributed by atoms with Crippen LogP contribution in [0.2, 0.25) is 0 Å². The zero-order chi connectivity index (χ0) is 11.2. The zero-order valence-corrected chi connectivity index (χ0v) is 8.90. The first-order valence-corrected chi connectivity index (χ1v) is 4.64. The number of anilines is 1. The highest BCUT2D eigenvalue weighted by Gasteiger charge is 2.22. The summed E-state index contributed by atoms with van der Waals surface area (Å²) < 4.78 is 1.31. The summed E-state index contributed by atoms with van der Waals surface area (Å²) in [6.45, 7) is 5.74. The van der Waals surface area contributed by atoms with Crippen LogP contribution in [-0.4, -0.2) is 19.8 Å². The predicted molar refractivity (Wildman–Crippen MR) is 56.7 cm³/mol. The van der Waals surface area contributed by atoms with E-state index >= 15 is 0 Å². The molecule has 15 heavy (non-hydrogen) atoms. The van der Waals surface area contributed by atoms with E-state index in [9.17, 15) is 4.79 Å². The van der Waals surface area contributed by atoms with Gasteiger partial charge in [-0.05, 0) is 0 Å². The molecule has 0 aliphatic rings. The van der Waals surface area contributed by atoms with Gasteiger partial charge in [-0.25, -0.2) is 0 Å². The Morgan fingerprint density at radius 1 is 1.40 bits per heavy atom. The fourth-order valence-electron chi connectivity index (χ4n) is 1.37. The zero-order valence-electron chi connectivity index (χ0n) is 8.90. The van der Waals surface area contributed by atoms with Gasteiger partial charge in [0.2, 0.25) is 0 Å². The molecule has 6 heteroatoms. The highest BCUT2D eigenvalue weighted by molar-refractivity contribution is 5.46. The first kappa shape index (κ1) is 9.70. The van der Waals surface area contributed by atoms with E-state index in [4.69, 9.17) is 5.73 Å². The van der Waals surface area contributed by atoms with Crippen molar-refractivity contribution >= 4 is 11.5 Å². The lowest BCUT2D eigenvalue weighted by Crippen LogP contribution is -2.30. The van der Waals surface area contributed by atoms with E-state index in [1.165, 1.54) is 4.52 Å². The molecule has 0 aliphatic heterocycles. The minimum absolute atomic E-state index is 0.204. The molecule has 0 amide bonds. The Bertz CT molecular complexity index is 560. The summed E-state index contributed by atoms with van der Waals surface area (Å²) in [5.41, 5.74) is 5.86. The molecule has 0 atom stereocenters. The SMILES string of the molecule is CC(C)(C)c1nnc2cc(N)[nH]n2c1=O. The van der Waals surface area contributed by atoms with E-state index in [0.29, 0.717) is 17.2 Å². The van der Waals surface area contributed by atoms with Crippen LogP contribution in [0.3, 0.4) is 0 Å². The molecule has 80 valence electrons. The molecular formula is C9H13N5O. The molecule has 0 saturated carbocycles. The van der Waals surface area contributed by atoms with Gasteiger partial charge in [-0.1, -0.05) is 20.8 Å². The predicted octanol–water partition coefficient (Wildman–Crippen LogP) is 0.297. The number of aromatic nitrogens is 4. The Balaban J connectivity index is 2.82. The van der Waals surface area contributed by atoms with Crippen LogP contribution in [0.5, 0.6) is 0 Å². The molecule has 0 unspecified atom stereocenters. The van der Waals surface area contributed by atoms with Crippen molar-refractivity contribution in [3.8, 4) is 0 Å². The summed E-state index contributed by atoms with van der Waals surface area (Å²) in [5, 5.41) is 10.6. The molecule has 0 spiro atoms. The first-order chi connectivity index (χ1) is 6.89. The maximum atomic E-state index is 12.0. The van der Waals surface area contributed by atoms with Crippen LogP contribution in [0.1, 0.15) is 26.5 Å². The van der Waals surface area contributed by atoms with Crippen molar-refractivity contribution in [1.82, 2.24) is 19.8 Å². The van der Waals surface area contributed by atoms with Gasteiger partial charge in [-0.3, -0.25) is 9.89 Å². The van der Waals surface area contributed by atoms with Crippen LogP contribution >= 0.6 is 0 Å². The van der Waals surface area contributed by atoms with E-state index < -0.39 is 0 Å². The third-order valence-electron chi connectivity index (χ3n) is 2.12. The molecule has 2 aromatic rings. The van der Waals surface area contributed by atoms with Gasteiger partial charge in [0.1, 0.15) is 11.5 Å². The maximum absolute atomic E-state index is 12.0. The van der Waals surface area contributed by atoms with E-state index in [2.05, 4.69) is 15.3 Å². The normalized spacial score (nSPS) is 12.2. The first-order valence-electron chi connectivity index (χ1n) is 4.64. The number of nitrogens with one attached hydrogen (secondary N) is 1. The molecule has 0 aromatic carbocycles. The van der Waals surface area contributed by atoms with Gasteiger partial charge in [0.15, 0.2) is 5.65 Å². The number of aromatic amines is 1. The minimum Gasteiger partial charge on any atom is -0.384 e. The van der Waals surface area contributed by atoms with Crippen molar-refractivity contribution in [3.63, 3.8) is 0 Å². The lowest BCUT2D eigenvalue weighted by Gasteiger charge is -2.14. The summed E-state index contributed by atoms with van der Waals surface area (Å²) >= 11 is 0. The highest BCUT2D eigenvalue weighted by atomic mass is 16.1. The Kier molecular flexibility index (Phi) is 1.82. The molecule has 0 radical (unpaired) electrons. The summed E-state index contributed by atoms with van der Waals surface area (Å²) in [4.78, 5) is 12.0. The van der Waals surface area contributed by atoms with E-state index in [0.717, 1.165) is 0 Å². The third kappa shape index (κ3) is 1.47. The average molecular weight is 207 g/mol. The monoisotopic (exact) mass is 207 g/mol. The van der Waals surface area contributed by atoms with Crippen molar-refractivity contribution in [2.24, 2.45) is 0 Å². The molecule has 0 saturated heterocycles. The number of rotatable bonds is 0. The molecule has 0 fully saturated rings. The molecule has 6 nitrogen and oxygen atoms in total. The second-order valence-corrected chi connectivity index (χ2v) is 4.51. The fraction of sp³-hybridized carbons (Fsp3) is 0.444. The summed E-state index contributed by atoms with van der Waals surface area (Å²) in [7, 11) is 0. The van der Waals surface area contributed by atoms with Crippen LogP contribution in [0.25, 0.3) is 5.65 Å². The second kappa shape index (κ2) is 2.82. The van der Waals surface area contributed by atoms with Gasteiger partial charge in [-0.2, -0.15) is 4.52 Å². The Morgan fingerprint density at radius 2 is 2.07 bits per heavy atom. The van der Waals surface area contributed by atoms with Gasteiger partial charge < -0.3 is 5.73 Å². The average Bonchev–Trinajstić information content (AvgIpc) is 2.44. The fourth-order valence-corrected chi connectivity index (χ4v) is 1.37. The largest absolute Gasteiger partial charge is 0.384 e. The van der Waals surface area contributed by atoms with Gasteiger partial charge >= 0.3 is 0 Å². The Hall–Kier alpha value is -1.85. The number of fused-ring (bicyclic) bond motifs is 1. The van der Waals surface area contributed by atoms with Crippen LogP contribution in [0, 0.1) is 0 Å². The number of H-pyrrole nitrogens is 1. The topological polar surface area (TPSA) is 89.1 Å². The van der Waals surface area contributed by atoms with Crippen LogP contribution < -0.4 is 11.3 Å². The van der Waals surface area contributed by atoms with Gasteiger partial charge in [-0.15, -0.1) is 10.2 Å². The molecule has 2 heterocycles. The minimum atomic E-state index is -0.328. The highest BCUT2D eigenvalue weighted by Crippen LogP contribution is 2.15. The smallest absolute Gasteiger partial charge is 0.295 e. The molecule has 0 aliphatic carbocycles. The quantitative estimate of drug-likeness (QED) is 0.650. The second-order valence-electron chi connectivity index (χ2n) is 4.51.